The van der Waals surface area contributed by atoms with E-state index in [1.165, 1.54) is 25.3 Å². The molecule has 2 amide bonds. The first-order chi connectivity index (χ1) is 13.7. The fraction of sp³-hybridized carbons (Fsp3) is 0.238. The minimum Gasteiger partial charge on any atom is -0.491 e. The maximum absolute atomic E-state index is 13.0. The Kier molecular flexibility index (Phi) is 7.41. The summed E-state index contributed by atoms with van der Waals surface area (Å²) in [5, 5.41) is 4.93. The van der Waals surface area contributed by atoms with Gasteiger partial charge in [0.1, 0.15) is 5.75 Å². The summed E-state index contributed by atoms with van der Waals surface area (Å²) in [6, 6.07) is 9.43. The molecule has 0 saturated carbocycles. The Labute approximate surface area is 166 Å². The normalized spacial score (nSPS) is 11.3. The Morgan fingerprint density at radius 1 is 1.10 bits per heavy atom. The molecule has 29 heavy (non-hydrogen) atoms. The lowest BCUT2D eigenvalue weighted by Gasteiger charge is -2.14. The van der Waals surface area contributed by atoms with Crippen LogP contribution in [0.1, 0.15) is 34.8 Å². The van der Waals surface area contributed by atoms with Crippen molar-refractivity contribution in [1.82, 2.24) is 5.32 Å². The van der Waals surface area contributed by atoms with Gasteiger partial charge >= 0.3 is 6.18 Å². The van der Waals surface area contributed by atoms with Gasteiger partial charge in [-0.05, 0) is 48.4 Å². The van der Waals surface area contributed by atoms with Crippen LogP contribution in [0.4, 0.5) is 18.9 Å². The Hall–Kier alpha value is -3.29. The number of benzene rings is 2. The summed E-state index contributed by atoms with van der Waals surface area (Å²) >= 11 is 0. The van der Waals surface area contributed by atoms with Crippen LogP contribution >= 0.6 is 0 Å². The van der Waals surface area contributed by atoms with Crippen molar-refractivity contribution in [3.8, 4) is 5.75 Å². The van der Waals surface area contributed by atoms with Crippen molar-refractivity contribution in [1.29, 1.82) is 0 Å². The lowest BCUT2D eigenvalue weighted by Crippen LogP contribution is -2.17. The smallest absolute Gasteiger partial charge is 0.416 e. The molecule has 0 aromatic heterocycles. The Balaban J connectivity index is 2.15. The van der Waals surface area contributed by atoms with Gasteiger partial charge in [-0.15, -0.1) is 0 Å². The molecule has 0 atom stereocenters. The van der Waals surface area contributed by atoms with Crippen LogP contribution in [0, 0.1) is 0 Å². The summed E-state index contributed by atoms with van der Waals surface area (Å²) in [5.74, 6) is -0.681. The van der Waals surface area contributed by atoms with Gasteiger partial charge in [-0.2, -0.15) is 13.2 Å². The molecule has 0 fully saturated rings. The molecule has 0 unspecified atom stereocenters. The van der Waals surface area contributed by atoms with E-state index in [1.807, 2.05) is 6.92 Å². The number of amides is 2. The van der Waals surface area contributed by atoms with Crippen molar-refractivity contribution in [3.05, 3.63) is 65.2 Å². The van der Waals surface area contributed by atoms with Gasteiger partial charge in [-0.3, -0.25) is 9.59 Å². The number of carbonyl (C=O) groups excluding carboxylic acids is 2. The molecule has 0 aliphatic rings. The zero-order valence-electron chi connectivity index (χ0n) is 16.0. The average molecular weight is 406 g/mol. The molecule has 5 nitrogen and oxygen atoms in total. The standard InChI is InChI=1S/C21H21F3N2O3/c1-3-12-29-18-10-9-16(21(22,23)24)13-17(18)26-19(27)11-6-14-4-7-15(8-5-14)20(28)25-2/h4-11,13H,3,12H2,1-2H3,(H,25,28)(H,26,27)/b11-6+. The summed E-state index contributed by atoms with van der Waals surface area (Å²) in [5.41, 5.74) is 0.179. The van der Waals surface area contributed by atoms with E-state index in [4.69, 9.17) is 4.74 Å². The van der Waals surface area contributed by atoms with Gasteiger partial charge in [0.2, 0.25) is 5.91 Å². The van der Waals surface area contributed by atoms with E-state index in [9.17, 15) is 22.8 Å². The monoisotopic (exact) mass is 406 g/mol. The highest BCUT2D eigenvalue weighted by molar-refractivity contribution is 6.03. The molecule has 2 aromatic carbocycles. The summed E-state index contributed by atoms with van der Waals surface area (Å²) < 4.78 is 44.4. The average Bonchev–Trinajstić information content (AvgIpc) is 2.70. The summed E-state index contributed by atoms with van der Waals surface area (Å²) in [7, 11) is 1.52. The number of nitrogens with one attached hydrogen (secondary N) is 2. The van der Waals surface area contributed by atoms with Crippen LogP contribution in [0.3, 0.4) is 0 Å². The Morgan fingerprint density at radius 2 is 1.79 bits per heavy atom. The van der Waals surface area contributed by atoms with Gasteiger partial charge in [0.15, 0.2) is 0 Å². The number of alkyl halides is 3. The van der Waals surface area contributed by atoms with Gasteiger partial charge in [0.05, 0.1) is 17.9 Å². The van der Waals surface area contributed by atoms with Gasteiger partial charge < -0.3 is 15.4 Å². The first kappa shape index (κ1) is 22.0. The number of carbonyl (C=O) groups is 2. The van der Waals surface area contributed by atoms with Crippen molar-refractivity contribution < 1.29 is 27.5 Å². The van der Waals surface area contributed by atoms with Crippen molar-refractivity contribution >= 4 is 23.6 Å². The third-order valence-electron chi connectivity index (χ3n) is 3.85. The highest BCUT2D eigenvalue weighted by Crippen LogP contribution is 2.35. The van der Waals surface area contributed by atoms with Crippen molar-refractivity contribution in [2.45, 2.75) is 19.5 Å². The first-order valence-electron chi connectivity index (χ1n) is 8.90. The van der Waals surface area contributed by atoms with Gasteiger partial charge in [-0.1, -0.05) is 19.1 Å². The molecule has 154 valence electrons. The van der Waals surface area contributed by atoms with Gasteiger partial charge in [0, 0.05) is 18.7 Å². The van der Waals surface area contributed by atoms with Crippen LogP contribution in [0.5, 0.6) is 5.75 Å². The molecular weight excluding hydrogens is 385 g/mol. The minimum atomic E-state index is -4.54. The number of halogens is 3. The summed E-state index contributed by atoms with van der Waals surface area (Å²) in [6.45, 7) is 2.17. The fourth-order valence-electron chi connectivity index (χ4n) is 2.38. The molecular formula is C21H21F3N2O3. The topological polar surface area (TPSA) is 67.4 Å². The fourth-order valence-corrected chi connectivity index (χ4v) is 2.38. The molecule has 0 saturated heterocycles. The quantitative estimate of drug-likeness (QED) is 0.665. The maximum Gasteiger partial charge on any atom is 0.416 e. The number of hydrogen-bond acceptors (Lipinski definition) is 3. The van der Waals surface area contributed by atoms with Crippen LogP contribution in [0.2, 0.25) is 0 Å². The van der Waals surface area contributed by atoms with E-state index in [0.717, 1.165) is 12.1 Å². The predicted molar refractivity (Wildman–Crippen MR) is 105 cm³/mol. The van der Waals surface area contributed by atoms with E-state index in [2.05, 4.69) is 10.6 Å². The third-order valence-corrected chi connectivity index (χ3v) is 3.85. The van der Waals surface area contributed by atoms with Crippen molar-refractivity contribution in [2.75, 3.05) is 19.0 Å². The number of rotatable bonds is 7. The number of anilines is 1. The molecule has 2 rings (SSSR count). The van der Waals surface area contributed by atoms with Crippen LogP contribution in [-0.2, 0) is 11.0 Å². The highest BCUT2D eigenvalue weighted by Gasteiger charge is 2.31. The van der Waals surface area contributed by atoms with E-state index >= 15 is 0 Å². The number of ether oxygens (including phenoxy) is 1. The van der Waals surface area contributed by atoms with E-state index in [0.29, 0.717) is 24.2 Å². The van der Waals surface area contributed by atoms with Crippen LogP contribution in [-0.4, -0.2) is 25.5 Å². The first-order valence-corrected chi connectivity index (χ1v) is 8.90. The third kappa shape index (κ3) is 6.38. The molecule has 0 spiro atoms. The molecule has 0 heterocycles. The molecule has 0 aliphatic heterocycles. The van der Waals surface area contributed by atoms with Crippen molar-refractivity contribution in [3.63, 3.8) is 0 Å². The second kappa shape index (κ2) is 9.77. The predicted octanol–water partition coefficient (Wildman–Crippen LogP) is 4.51. The zero-order chi connectivity index (χ0) is 21.4. The van der Waals surface area contributed by atoms with E-state index in [1.54, 1.807) is 24.3 Å². The van der Waals surface area contributed by atoms with Crippen LogP contribution in [0.15, 0.2) is 48.5 Å². The van der Waals surface area contributed by atoms with Crippen molar-refractivity contribution in [2.24, 2.45) is 0 Å². The number of hydrogen-bond donors (Lipinski definition) is 2. The SMILES string of the molecule is CCCOc1ccc(C(F)(F)F)cc1NC(=O)/C=C/c1ccc(C(=O)NC)cc1. The molecule has 0 bridgehead atoms. The summed E-state index contributed by atoms with van der Waals surface area (Å²) in [4.78, 5) is 23.7. The van der Waals surface area contributed by atoms with Crippen LogP contribution < -0.4 is 15.4 Å². The van der Waals surface area contributed by atoms with Gasteiger partial charge in [0.25, 0.3) is 5.91 Å². The van der Waals surface area contributed by atoms with E-state index < -0.39 is 17.6 Å². The molecule has 2 N–H and O–H groups in total. The maximum atomic E-state index is 13.0. The summed E-state index contributed by atoms with van der Waals surface area (Å²) in [6.07, 6.45) is -1.19. The Bertz CT molecular complexity index is 891. The van der Waals surface area contributed by atoms with E-state index in [-0.39, 0.29) is 17.3 Å². The molecule has 0 radical (unpaired) electrons. The zero-order valence-corrected chi connectivity index (χ0v) is 16.0. The second-order valence-corrected chi connectivity index (χ2v) is 6.08. The largest absolute Gasteiger partial charge is 0.491 e. The van der Waals surface area contributed by atoms with Crippen LogP contribution in [0.25, 0.3) is 6.08 Å². The lowest BCUT2D eigenvalue weighted by molar-refractivity contribution is -0.137. The Morgan fingerprint density at radius 3 is 2.38 bits per heavy atom. The second-order valence-electron chi connectivity index (χ2n) is 6.08. The lowest BCUT2D eigenvalue weighted by atomic mass is 10.1. The molecule has 0 aliphatic carbocycles. The minimum absolute atomic E-state index is 0.0575. The highest BCUT2D eigenvalue weighted by atomic mass is 19.4. The van der Waals surface area contributed by atoms with Gasteiger partial charge in [-0.25, -0.2) is 0 Å². The molecule has 2 aromatic rings. The molecule has 8 heteroatoms.